The number of fused-ring (bicyclic) bond motifs is 1. The monoisotopic (exact) mass is 250 g/mol. The highest BCUT2D eigenvalue weighted by Gasteiger charge is 2.12. The first-order valence-electron chi connectivity index (χ1n) is 6.28. The number of hydrogen-bond acceptors (Lipinski definition) is 2. The summed E-state index contributed by atoms with van der Waals surface area (Å²) in [4.78, 5) is 11.1. The minimum Gasteiger partial charge on any atom is -0.360 e. The molecule has 0 saturated carbocycles. The third-order valence-corrected chi connectivity index (χ3v) is 3.25. The molecule has 0 fully saturated rings. The van der Waals surface area contributed by atoms with Crippen molar-refractivity contribution in [2.75, 3.05) is 0 Å². The number of hydrogen-bond donors (Lipinski definition) is 2. The summed E-state index contributed by atoms with van der Waals surface area (Å²) in [6.07, 6.45) is 3.14. The zero-order valence-electron chi connectivity index (χ0n) is 10.7. The second kappa shape index (κ2) is 4.62. The normalized spacial score (nSPS) is 10.7. The van der Waals surface area contributed by atoms with Crippen LogP contribution < -0.4 is 0 Å². The lowest BCUT2D eigenvalue weighted by atomic mass is 10.1. The van der Waals surface area contributed by atoms with Crippen molar-refractivity contribution >= 4 is 10.9 Å². The highest BCUT2D eigenvalue weighted by Crippen LogP contribution is 2.29. The molecule has 0 atom stereocenters. The predicted molar refractivity (Wildman–Crippen MR) is 74.6 cm³/mol. The number of nitriles is 1. The molecular formula is C15H14N4. The number of nitrogens with zero attached hydrogens (tertiary/aromatic N) is 2. The SMILES string of the molecule is Cc1[nH]c(CCC#N)nc1-c1c[nH]c2ccccc12. The Bertz CT molecular complexity index is 758. The fourth-order valence-corrected chi connectivity index (χ4v) is 2.34. The van der Waals surface area contributed by atoms with Gasteiger partial charge in [0.15, 0.2) is 0 Å². The molecule has 4 heteroatoms. The van der Waals surface area contributed by atoms with Gasteiger partial charge in [-0.3, -0.25) is 0 Å². The molecule has 4 nitrogen and oxygen atoms in total. The smallest absolute Gasteiger partial charge is 0.108 e. The molecule has 3 rings (SSSR count). The second-order valence-electron chi connectivity index (χ2n) is 4.56. The molecule has 0 aliphatic heterocycles. The maximum Gasteiger partial charge on any atom is 0.108 e. The average Bonchev–Trinajstić information content (AvgIpc) is 2.99. The van der Waals surface area contributed by atoms with Gasteiger partial charge in [0.05, 0.1) is 11.8 Å². The quantitative estimate of drug-likeness (QED) is 0.748. The molecule has 2 aromatic heterocycles. The van der Waals surface area contributed by atoms with Crippen molar-refractivity contribution < 1.29 is 0 Å². The van der Waals surface area contributed by atoms with E-state index in [2.05, 4.69) is 33.2 Å². The van der Waals surface area contributed by atoms with E-state index < -0.39 is 0 Å². The number of rotatable bonds is 3. The number of benzene rings is 1. The Kier molecular flexibility index (Phi) is 2.81. The molecule has 3 aromatic rings. The zero-order chi connectivity index (χ0) is 13.2. The van der Waals surface area contributed by atoms with Gasteiger partial charge < -0.3 is 9.97 Å². The van der Waals surface area contributed by atoms with Crippen LogP contribution in [0.15, 0.2) is 30.5 Å². The van der Waals surface area contributed by atoms with E-state index in [1.54, 1.807) is 0 Å². The number of aromatic nitrogens is 3. The standard InChI is InChI=1S/C15H14N4/c1-10-15(19-14(18-10)7-4-8-16)12-9-17-13-6-3-2-5-11(12)13/h2-3,5-6,9,17H,4,7H2,1H3,(H,18,19). The number of nitrogens with one attached hydrogen (secondary N) is 2. The van der Waals surface area contributed by atoms with Crippen LogP contribution in [0.2, 0.25) is 0 Å². The van der Waals surface area contributed by atoms with Crippen LogP contribution in [0.1, 0.15) is 17.9 Å². The van der Waals surface area contributed by atoms with Gasteiger partial charge in [0.2, 0.25) is 0 Å². The molecule has 0 spiro atoms. The lowest BCUT2D eigenvalue weighted by Crippen LogP contribution is -1.86. The zero-order valence-corrected chi connectivity index (χ0v) is 10.7. The highest BCUT2D eigenvalue weighted by molar-refractivity contribution is 5.95. The van der Waals surface area contributed by atoms with E-state index in [0.29, 0.717) is 12.8 Å². The van der Waals surface area contributed by atoms with Crippen LogP contribution in [0.5, 0.6) is 0 Å². The van der Waals surface area contributed by atoms with Gasteiger partial charge in [0.1, 0.15) is 5.82 Å². The number of para-hydroxylation sites is 1. The van der Waals surface area contributed by atoms with Gasteiger partial charge in [-0.2, -0.15) is 5.26 Å². The molecule has 0 saturated heterocycles. The van der Waals surface area contributed by atoms with E-state index in [0.717, 1.165) is 28.3 Å². The first kappa shape index (κ1) is 11.5. The van der Waals surface area contributed by atoms with Crippen LogP contribution in [0, 0.1) is 18.3 Å². The Hall–Kier alpha value is -2.54. The molecule has 0 amide bonds. The van der Waals surface area contributed by atoms with Crippen molar-refractivity contribution in [2.24, 2.45) is 0 Å². The molecule has 2 N–H and O–H groups in total. The molecule has 19 heavy (non-hydrogen) atoms. The Balaban J connectivity index is 2.07. The van der Waals surface area contributed by atoms with E-state index in [-0.39, 0.29) is 0 Å². The van der Waals surface area contributed by atoms with Crippen molar-refractivity contribution in [3.05, 3.63) is 42.0 Å². The summed E-state index contributed by atoms with van der Waals surface area (Å²) in [7, 11) is 0. The summed E-state index contributed by atoms with van der Waals surface area (Å²) in [6.45, 7) is 2.01. The molecule has 0 aliphatic rings. The summed E-state index contributed by atoms with van der Waals surface area (Å²) in [5.74, 6) is 0.874. The summed E-state index contributed by atoms with van der Waals surface area (Å²) in [5, 5.41) is 9.80. The van der Waals surface area contributed by atoms with Gasteiger partial charge in [-0.1, -0.05) is 18.2 Å². The second-order valence-corrected chi connectivity index (χ2v) is 4.56. The third kappa shape index (κ3) is 2.00. The molecule has 1 aromatic carbocycles. The Morgan fingerprint density at radius 2 is 2.16 bits per heavy atom. The van der Waals surface area contributed by atoms with Crippen molar-refractivity contribution in [3.63, 3.8) is 0 Å². The predicted octanol–water partition coefficient (Wildman–Crippen LogP) is 3.32. The van der Waals surface area contributed by atoms with E-state index in [1.807, 2.05) is 25.3 Å². The van der Waals surface area contributed by atoms with Crippen LogP contribution in [-0.4, -0.2) is 15.0 Å². The van der Waals surface area contributed by atoms with Gasteiger partial charge in [-0.15, -0.1) is 0 Å². The highest BCUT2D eigenvalue weighted by atomic mass is 14.9. The fourth-order valence-electron chi connectivity index (χ4n) is 2.34. The van der Waals surface area contributed by atoms with Crippen molar-refractivity contribution in [2.45, 2.75) is 19.8 Å². The van der Waals surface area contributed by atoms with E-state index in [4.69, 9.17) is 5.26 Å². The van der Waals surface area contributed by atoms with Gasteiger partial charge >= 0.3 is 0 Å². The van der Waals surface area contributed by atoms with Crippen LogP contribution >= 0.6 is 0 Å². The fraction of sp³-hybridized carbons (Fsp3) is 0.200. The molecule has 2 heterocycles. The van der Waals surface area contributed by atoms with Crippen LogP contribution in [0.25, 0.3) is 22.2 Å². The molecule has 94 valence electrons. The van der Waals surface area contributed by atoms with E-state index in [9.17, 15) is 0 Å². The topological polar surface area (TPSA) is 68.3 Å². The lowest BCUT2D eigenvalue weighted by Gasteiger charge is -1.95. The number of aryl methyl sites for hydroxylation is 2. The number of imidazole rings is 1. The molecule has 0 aliphatic carbocycles. The maximum atomic E-state index is 8.63. The van der Waals surface area contributed by atoms with Gasteiger partial charge in [0, 0.05) is 41.2 Å². The molecule has 0 unspecified atom stereocenters. The van der Waals surface area contributed by atoms with Crippen LogP contribution in [-0.2, 0) is 6.42 Å². The third-order valence-electron chi connectivity index (χ3n) is 3.25. The largest absolute Gasteiger partial charge is 0.360 e. The first-order valence-corrected chi connectivity index (χ1v) is 6.28. The Labute approximate surface area is 111 Å². The summed E-state index contributed by atoms with van der Waals surface area (Å²) in [6, 6.07) is 10.3. The van der Waals surface area contributed by atoms with Gasteiger partial charge in [-0.05, 0) is 13.0 Å². The first-order chi connectivity index (χ1) is 9.29. The minimum atomic E-state index is 0.486. The van der Waals surface area contributed by atoms with Crippen LogP contribution in [0.3, 0.4) is 0 Å². The Morgan fingerprint density at radius 3 is 3.00 bits per heavy atom. The molecule has 0 radical (unpaired) electrons. The van der Waals surface area contributed by atoms with Crippen LogP contribution in [0.4, 0.5) is 0 Å². The van der Waals surface area contributed by atoms with Gasteiger partial charge in [0.25, 0.3) is 0 Å². The van der Waals surface area contributed by atoms with Gasteiger partial charge in [-0.25, -0.2) is 4.98 Å². The van der Waals surface area contributed by atoms with E-state index in [1.165, 1.54) is 5.39 Å². The minimum absolute atomic E-state index is 0.486. The summed E-state index contributed by atoms with van der Waals surface area (Å²) >= 11 is 0. The molecule has 0 bridgehead atoms. The summed E-state index contributed by atoms with van der Waals surface area (Å²) in [5.41, 5.74) is 4.22. The molecular weight excluding hydrogens is 236 g/mol. The Morgan fingerprint density at radius 1 is 1.32 bits per heavy atom. The average molecular weight is 250 g/mol. The summed E-state index contributed by atoms with van der Waals surface area (Å²) < 4.78 is 0. The maximum absolute atomic E-state index is 8.63. The number of H-pyrrole nitrogens is 2. The van der Waals surface area contributed by atoms with Crippen molar-refractivity contribution in [1.29, 1.82) is 5.26 Å². The number of aromatic amines is 2. The van der Waals surface area contributed by atoms with E-state index >= 15 is 0 Å². The lowest BCUT2D eigenvalue weighted by molar-refractivity contribution is 0.913. The van der Waals surface area contributed by atoms with Crippen molar-refractivity contribution in [3.8, 4) is 17.3 Å². The van der Waals surface area contributed by atoms with Crippen molar-refractivity contribution in [1.82, 2.24) is 15.0 Å².